The average Bonchev–Trinajstić information content (AvgIpc) is 3.25. The molecule has 2 aromatic heterocycles. The van der Waals surface area contributed by atoms with Gasteiger partial charge in [0.15, 0.2) is 11.6 Å². The zero-order chi connectivity index (χ0) is 21.8. The van der Waals surface area contributed by atoms with Crippen molar-refractivity contribution in [1.29, 1.82) is 0 Å². The molecule has 0 unspecified atom stereocenters. The van der Waals surface area contributed by atoms with Crippen LogP contribution in [-0.4, -0.2) is 23.2 Å². The van der Waals surface area contributed by atoms with E-state index in [0.29, 0.717) is 22.5 Å². The van der Waals surface area contributed by atoms with Crippen LogP contribution in [0.1, 0.15) is 13.3 Å². The van der Waals surface area contributed by atoms with Crippen LogP contribution in [0.5, 0.6) is 5.75 Å². The molecule has 0 fully saturated rings. The number of hydrogen-bond donors (Lipinski definition) is 0. The number of halogens is 1. The van der Waals surface area contributed by atoms with Crippen molar-refractivity contribution in [3.63, 3.8) is 0 Å². The second kappa shape index (κ2) is 8.79. The molecular formula is C24H20FN3O3. The summed E-state index contributed by atoms with van der Waals surface area (Å²) in [6.07, 6.45) is 3.57. The Hall–Kier alpha value is -4.00. The third-order valence-electron chi connectivity index (χ3n) is 4.84. The van der Waals surface area contributed by atoms with Crippen molar-refractivity contribution in [3.05, 3.63) is 78.9 Å². The highest BCUT2D eigenvalue weighted by atomic mass is 19.1. The Morgan fingerprint density at radius 2 is 1.81 bits per heavy atom. The van der Waals surface area contributed by atoms with Crippen LogP contribution in [0, 0.1) is 5.82 Å². The van der Waals surface area contributed by atoms with E-state index >= 15 is 0 Å². The van der Waals surface area contributed by atoms with Gasteiger partial charge < -0.3 is 9.26 Å². The Morgan fingerprint density at radius 3 is 2.48 bits per heavy atom. The molecule has 0 bridgehead atoms. The van der Waals surface area contributed by atoms with Crippen LogP contribution < -0.4 is 9.64 Å². The lowest BCUT2D eigenvalue weighted by Crippen LogP contribution is -2.25. The molecule has 0 radical (unpaired) electrons. The Balaban J connectivity index is 1.96. The largest absolute Gasteiger partial charge is 0.494 e. The molecule has 156 valence electrons. The van der Waals surface area contributed by atoms with E-state index in [9.17, 15) is 9.18 Å². The number of carbonyl (C=O) groups is 1. The number of carbonyl (C=O) groups excluding carboxylic acids is 1. The van der Waals surface area contributed by atoms with E-state index < -0.39 is 5.82 Å². The molecule has 0 saturated heterocycles. The third kappa shape index (κ3) is 3.90. The summed E-state index contributed by atoms with van der Waals surface area (Å²) in [5.74, 6) is -0.261. The number of rotatable bonds is 6. The van der Waals surface area contributed by atoms with E-state index in [1.54, 1.807) is 43.6 Å². The second-order valence-electron chi connectivity index (χ2n) is 6.71. The minimum atomic E-state index is -0.479. The van der Waals surface area contributed by atoms with Gasteiger partial charge in [-0.2, -0.15) is 0 Å². The monoisotopic (exact) mass is 417 g/mol. The lowest BCUT2D eigenvalue weighted by molar-refractivity contribution is -0.117. The van der Waals surface area contributed by atoms with Crippen molar-refractivity contribution in [2.75, 3.05) is 12.0 Å². The lowest BCUT2D eigenvalue weighted by atomic mass is 10.0. The summed E-state index contributed by atoms with van der Waals surface area (Å²) in [5, 5.41) is 4.26. The number of aromatic nitrogens is 2. The molecule has 6 nitrogen and oxygen atoms in total. The number of ether oxygens (including phenoxy) is 1. The highest BCUT2D eigenvalue weighted by molar-refractivity contribution is 6.04. The summed E-state index contributed by atoms with van der Waals surface area (Å²) in [6, 6.07) is 17.3. The molecule has 2 heterocycles. The van der Waals surface area contributed by atoms with Gasteiger partial charge in [0, 0.05) is 24.4 Å². The molecule has 0 aliphatic heterocycles. The van der Waals surface area contributed by atoms with Gasteiger partial charge in [-0.3, -0.25) is 9.78 Å². The van der Waals surface area contributed by atoms with Crippen molar-refractivity contribution in [1.82, 2.24) is 10.1 Å². The molecule has 0 aliphatic rings. The molecule has 4 aromatic rings. The number of pyridine rings is 1. The molecule has 4 rings (SSSR count). The predicted molar refractivity (Wildman–Crippen MR) is 116 cm³/mol. The molecule has 2 aromatic carbocycles. The van der Waals surface area contributed by atoms with Gasteiger partial charge in [-0.15, -0.1) is 0 Å². The average molecular weight is 417 g/mol. The summed E-state index contributed by atoms with van der Waals surface area (Å²) in [4.78, 5) is 18.5. The van der Waals surface area contributed by atoms with Gasteiger partial charge >= 0.3 is 0 Å². The molecule has 7 heteroatoms. The van der Waals surface area contributed by atoms with Gasteiger partial charge in [-0.25, -0.2) is 9.29 Å². The highest BCUT2D eigenvalue weighted by Gasteiger charge is 2.28. The Kier molecular flexibility index (Phi) is 5.75. The van der Waals surface area contributed by atoms with Crippen molar-refractivity contribution in [2.24, 2.45) is 0 Å². The van der Waals surface area contributed by atoms with Crippen LogP contribution in [0.3, 0.4) is 0 Å². The first-order valence-corrected chi connectivity index (χ1v) is 9.76. The quantitative estimate of drug-likeness (QED) is 0.407. The Bertz CT molecular complexity index is 1190. The fraction of sp³-hybridized carbons (Fsp3) is 0.125. The smallest absolute Gasteiger partial charge is 0.247 e. The first kappa shape index (κ1) is 20.3. The molecule has 31 heavy (non-hydrogen) atoms. The Labute approximate surface area is 178 Å². The fourth-order valence-corrected chi connectivity index (χ4v) is 3.33. The van der Waals surface area contributed by atoms with Gasteiger partial charge in [0.05, 0.1) is 18.4 Å². The molecule has 0 saturated carbocycles. The molecule has 0 aliphatic carbocycles. The van der Waals surface area contributed by atoms with Crippen molar-refractivity contribution >= 4 is 17.5 Å². The number of anilines is 2. The summed E-state index contributed by atoms with van der Waals surface area (Å²) in [6.45, 7) is 1.78. The van der Waals surface area contributed by atoms with Gasteiger partial charge in [-0.05, 0) is 48.0 Å². The maximum absolute atomic E-state index is 14.0. The second-order valence-corrected chi connectivity index (χ2v) is 6.71. The first-order chi connectivity index (χ1) is 15.1. The number of benzene rings is 2. The van der Waals surface area contributed by atoms with Crippen molar-refractivity contribution in [3.8, 4) is 28.1 Å². The zero-order valence-electron chi connectivity index (χ0n) is 17.1. The fourth-order valence-electron chi connectivity index (χ4n) is 3.33. The number of methoxy groups -OCH3 is 1. The van der Waals surface area contributed by atoms with E-state index in [0.717, 1.165) is 5.56 Å². The van der Waals surface area contributed by atoms with Crippen LogP contribution in [-0.2, 0) is 4.79 Å². The number of para-hydroxylation sites is 1. The van der Waals surface area contributed by atoms with E-state index in [1.807, 2.05) is 30.3 Å². The molecule has 1 amide bonds. The topological polar surface area (TPSA) is 68.5 Å². The summed E-state index contributed by atoms with van der Waals surface area (Å²) < 4.78 is 24.9. The van der Waals surface area contributed by atoms with Crippen LogP contribution in [0.25, 0.3) is 22.4 Å². The van der Waals surface area contributed by atoms with Gasteiger partial charge in [-0.1, -0.05) is 30.3 Å². The van der Waals surface area contributed by atoms with Gasteiger partial charge in [0.25, 0.3) is 0 Å². The van der Waals surface area contributed by atoms with Crippen LogP contribution in [0.2, 0.25) is 0 Å². The summed E-state index contributed by atoms with van der Waals surface area (Å²) >= 11 is 0. The molecule has 0 atom stereocenters. The predicted octanol–water partition coefficient (Wildman–Crippen LogP) is 5.63. The Morgan fingerprint density at radius 1 is 1.06 bits per heavy atom. The normalized spacial score (nSPS) is 10.7. The van der Waals surface area contributed by atoms with Crippen molar-refractivity contribution in [2.45, 2.75) is 13.3 Å². The maximum atomic E-state index is 14.0. The minimum absolute atomic E-state index is 0.0901. The van der Waals surface area contributed by atoms with Crippen LogP contribution in [0.4, 0.5) is 16.0 Å². The van der Waals surface area contributed by atoms with E-state index in [4.69, 9.17) is 9.26 Å². The summed E-state index contributed by atoms with van der Waals surface area (Å²) in [7, 11) is 1.40. The van der Waals surface area contributed by atoms with Gasteiger partial charge in [0.2, 0.25) is 11.8 Å². The zero-order valence-corrected chi connectivity index (χ0v) is 17.1. The highest BCUT2D eigenvalue weighted by Crippen LogP contribution is 2.42. The minimum Gasteiger partial charge on any atom is -0.494 e. The molecular weight excluding hydrogens is 397 g/mol. The number of nitrogens with zero attached hydrogens (tertiary/aromatic N) is 3. The van der Waals surface area contributed by atoms with Crippen LogP contribution in [0.15, 0.2) is 77.6 Å². The standard InChI is InChI=1S/C24H20FN3O3/c1-3-21(29)28(18-7-5-4-6-8-18)24-22(16-11-13-26-14-12-16)23(27-31-24)17-9-10-19(25)20(15-17)30-2/h4-15H,3H2,1-2H3. The van der Waals surface area contributed by atoms with Crippen LogP contribution >= 0.6 is 0 Å². The van der Waals surface area contributed by atoms with Crippen molar-refractivity contribution < 1.29 is 18.4 Å². The molecule has 0 N–H and O–H groups in total. The number of hydrogen-bond acceptors (Lipinski definition) is 5. The number of amides is 1. The van der Waals surface area contributed by atoms with E-state index in [1.165, 1.54) is 18.1 Å². The summed E-state index contributed by atoms with van der Waals surface area (Å²) in [5.41, 5.74) is 3.07. The van der Waals surface area contributed by atoms with E-state index in [-0.39, 0.29) is 24.0 Å². The first-order valence-electron chi connectivity index (χ1n) is 9.76. The SMILES string of the molecule is CCC(=O)N(c1ccccc1)c1onc(-c2ccc(F)c(OC)c2)c1-c1ccncc1. The molecule has 0 spiro atoms. The lowest BCUT2D eigenvalue weighted by Gasteiger charge is -2.20. The van der Waals surface area contributed by atoms with Gasteiger partial charge in [0.1, 0.15) is 5.69 Å². The maximum Gasteiger partial charge on any atom is 0.247 e. The third-order valence-corrected chi connectivity index (χ3v) is 4.84. The van der Waals surface area contributed by atoms with E-state index in [2.05, 4.69) is 10.1 Å².